The number of piperidine rings is 1. The largest absolute Gasteiger partial charge is 0.377 e. The van der Waals surface area contributed by atoms with Crippen molar-refractivity contribution in [2.45, 2.75) is 61.3 Å². The van der Waals surface area contributed by atoms with Gasteiger partial charge in [0.25, 0.3) is 0 Å². The van der Waals surface area contributed by atoms with E-state index in [2.05, 4.69) is 13.8 Å². The van der Waals surface area contributed by atoms with Crippen molar-refractivity contribution in [1.29, 1.82) is 0 Å². The molecule has 2 fully saturated rings. The highest BCUT2D eigenvalue weighted by Gasteiger charge is 2.50. The Kier molecular flexibility index (Phi) is 5.81. The van der Waals surface area contributed by atoms with Crippen molar-refractivity contribution >= 4 is 33.5 Å². The molecule has 2 atom stereocenters. The van der Waals surface area contributed by atoms with E-state index in [1.165, 1.54) is 4.31 Å². The quantitative estimate of drug-likeness (QED) is 0.834. The van der Waals surface area contributed by atoms with Gasteiger partial charge in [-0.25, -0.2) is 8.42 Å². The fourth-order valence-electron chi connectivity index (χ4n) is 3.80. The molecule has 0 aliphatic carbocycles. The predicted octanol–water partition coefficient (Wildman–Crippen LogP) is 3.69. The lowest BCUT2D eigenvalue weighted by Gasteiger charge is -2.46. The molecule has 2 aliphatic heterocycles. The van der Waals surface area contributed by atoms with Crippen LogP contribution in [0, 0.1) is 12.8 Å². The lowest BCUT2D eigenvalue weighted by molar-refractivity contribution is -0.00307. The van der Waals surface area contributed by atoms with Gasteiger partial charge in [-0.05, 0) is 37.8 Å². The Hall–Kier alpha value is -0.210. The molecule has 4 nitrogen and oxygen atoms in total. The smallest absolute Gasteiger partial charge is 0.245 e. The van der Waals surface area contributed by atoms with Gasteiger partial charge in [0, 0.05) is 24.0 Å². The number of sulfonamides is 1. The van der Waals surface area contributed by atoms with Crippen LogP contribution in [0.5, 0.6) is 0 Å². The van der Waals surface area contributed by atoms with E-state index < -0.39 is 16.3 Å². The Bertz CT molecular complexity index is 697. The van der Waals surface area contributed by atoms with Crippen LogP contribution in [0.1, 0.15) is 38.7 Å². The molecule has 2 saturated heterocycles. The van der Waals surface area contributed by atoms with Crippen molar-refractivity contribution in [3.05, 3.63) is 29.8 Å². The van der Waals surface area contributed by atoms with E-state index in [0.29, 0.717) is 12.3 Å². The molecule has 0 radical (unpaired) electrons. The number of hydrogen-bond donors (Lipinski definition) is 1. The number of aryl methyl sites for hydroxylation is 1. The molecule has 2 aliphatic rings. The van der Waals surface area contributed by atoms with Crippen LogP contribution < -0.4 is 0 Å². The second-order valence-electron chi connectivity index (χ2n) is 7.43. The lowest BCUT2D eigenvalue weighted by Crippen LogP contribution is -2.55. The Balaban J connectivity index is 1.95. The van der Waals surface area contributed by atoms with Crippen molar-refractivity contribution in [3.63, 3.8) is 0 Å². The third kappa shape index (κ3) is 4.05. The van der Waals surface area contributed by atoms with Crippen molar-refractivity contribution in [1.82, 2.24) is 4.31 Å². The molecule has 0 saturated carbocycles. The second kappa shape index (κ2) is 7.43. The summed E-state index contributed by atoms with van der Waals surface area (Å²) >= 11 is 3.78. The predicted molar refractivity (Wildman–Crippen MR) is 106 cm³/mol. The van der Waals surface area contributed by atoms with Gasteiger partial charge in [-0.2, -0.15) is 4.31 Å². The summed E-state index contributed by atoms with van der Waals surface area (Å²) in [6.45, 7) is 6.16. The number of aliphatic hydroxyl groups excluding tert-OH is 1. The summed E-state index contributed by atoms with van der Waals surface area (Å²) < 4.78 is 27.9. The van der Waals surface area contributed by atoms with Gasteiger partial charge in [0.15, 0.2) is 0 Å². The average molecular weight is 402 g/mol. The zero-order valence-corrected chi connectivity index (χ0v) is 17.5. The minimum absolute atomic E-state index is 0.0295. The zero-order valence-electron chi connectivity index (χ0n) is 15.0. The molecule has 1 unspecified atom stereocenters. The van der Waals surface area contributed by atoms with E-state index >= 15 is 0 Å². The summed E-state index contributed by atoms with van der Waals surface area (Å²) in [6, 6.07) is 6.75. The standard InChI is InChI=1S/C18H27NO3S3/c1-13(2)10-15-11-18(23-8-9-24-18)12-17(20)19(15)25(21,22)16-6-4-14(3)5-7-16/h4-7,13,15,17,20H,8-12H2,1-3H3/t15-,17?/m0/s1. The number of thioether (sulfide) groups is 2. The molecule has 0 aromatic heterocycles. The Morgan fingerprint density at radius 2 is 1.80 bits per heavy atom. The van der Waals surface area contributed by atoms with Crippen LogP contribution in [0.4, 0.5) is 0 Å². The van der Waals surface area contributed by atoms with Gasteiger partial charge in [0.1, 0.15) is 6.23 Å². The monoisotopic (exact) mass is 401 g/mol. The molecule has 0 bridgehead atoms. The molecule has 1 spiro atoms. The van der Waals surface area contributed by atoms with Gasteiger partial charge < -0.3 is 5.11 Å². The van der Waals surface area contributed by atoms with Gasteiger partial charge in [-0.1, -0.05) is 31.5 Å². The Morgan fingerprint density at radius 1 is 1.20 bits per heavy atom. The molecule has 2 heterocycles. The summed E-state index contributed by atoms with van der Waals surface area (Å²) in [5.41, 5.74) is 1.02. The van der Waals surface area contributed by atoms with Gasteiger partial charge in [-0.15, -0.1) is 23.5 Å². The summed E-state index contributed by atoms with van der Waals surface area (Å²) in [4.78, 5) is 0.272. The number of rotatable bonds is 4. The van der Waals surface area contributed by atoms with Gasteiger partial charge >= 0.3 is 0 Å². The van der Waals surface area contributed by atoms with Crippen LogP contribution in [-0.2, 0) is 10.0 Å². The maximum atomic E-state index is 13.3. The first kappa shape index (κ1) is 19.5. The number of hydrogen-bond acceptors (Lipinski definition) is 5. The number of aliphatic hydroxyl groups is 1. The van der Waals surface area contributed by atoms with Crippen molar-refractivity contribution in [3.8, 4) is 0 Å². The zero-order chi connectivity index (χ0) is 18.2. The minimum atomic E-state index is -3.70. The lowest BCUT2D eigenvalue weighted by atomic mass is 9.94. The number of nitrogens with zero attached hydrogens (tertiary/aromatic N) is 1. The maximum Gasteiger partial charge on any atom is 0.245 e. The van der Waals surface area contributed by atoms with Gasteiger partial charge in [0.05, 0.1) is 8.97 Å². The van der Waals surface area contributed by atoms with E-state index in [0.717, 1.165) is 29.9 Å². The van der Waals surface area contributed by atoms with Crippen molar-refractivity contribution in [2.24, 2.45) is 5.92 Å². The molecule has 1 aromatic rings. The summed E-state index contributed by atoms with van der Waals surface area (Å²) in [7, 11) is -3.70. The summed E-state index contributed by atoms with van der Waals surface area (Å²) in [5.74, 6) is 2.53. The van der Waals surface area contributed by atoms with E-state index in [1.807, 2.05) is 42.6 Å². The van der Waals surface area contributed by atoms with Crippen LogP contribution in [-0.4, -0.2) is 45.7 Å². The van der Waals surface area contributed by atoms with Crippen LogP contribution in [0.25, 0.3) is 0 Å². The second-order valence-corrected chi connectivity index (χ2v) is 12.5. The number of benzene rings is 1. The van der Waals surface area contributed by atoms with Crippen LogP contribution in [0.2, 0.25) is 0 Å². The van der Waals surface area contributed by atoms with Gasteiger partial charge in [0.2, 0.25) is 10.0 Å². The molecule has 140 valence electrons. The molecule has 1 aromatic carbocycles. The normalized spacial score (nSPS) is 27.2. The first-order chi connectivity index (χ1) is 11.7. The molecule has 7 heteroatoms. The highest BCUT2D eigenvalue weighted by molar-refractivity contribution is 8.21. The fraction of sp³-hybridized carbons (Fsp3) is 0.667. The van der Waals surface area contributed by atoms with E-state index in [9.17, 15) is 13.5 Å². The highest BCUT2D eigenvalue weighted by Crippen LogP contribution is 2.54. The Morgan fingerprint density at radius 3 is 2.36 bits per heavy atom. The average Bonchev–Trinajstić information content (AvgIpc) is 2.93. The first-order valence-electron chi connectivity index (χ1n) is 8.80. The first-order valence-corrected chi connectivity index (χ1v) is 12.2. The summed E-state index contributed by atoms with van der Waals surface area (Å²) in [6.07, 6.45) is 1.12. The van der Waals surface area contributed by atoms with E-state index in [4.69, 9.17) is 0 Å². The Labute approximate surface area is 159 Å². The van der Waals surface area contributed by atoms with Gasteiger partial charge in [-0.3, -0.25) is 0 Å². The minimum Gasteiger partial charge on any atom is -0.377 e. The summed E-state index contributed by atoms with van der Waals surface area (Å²) in [5, 5.41) is 10.8. The van der Waals surface area contributed by atoms with Crippen molar-refractivity contribution < 1.29 is 13.5 Å². The van der Waals surface area contributed by atoms with Crippen molar-refractivity contribution in [2.75, 3.05) is 11.5 Å². The molecule has 0 amide bonds. The SMILES string of the molecule is Cc1ccc(S(=O)(=O)N2C(O)CC3(C[C@@H]2CC(C)C)SCCS3)cc1. The van der Waals surface area contributed by atoms with Crippen LogP contribution in [0.15, 0.2) is 29.2 Å². The molecule has 1 N–H and O–H groups in total. The third-order valence-electron chi connectivity index (χ3n) is 4.85. The third-order valence-corrected chi connectivity index (χ3v) is 10.3. The molecule has 25 heavy (non-hydrogen) atoms. The van der Waals surface area contributed by atoms with E-state index in [1.54, 1.807) is 12.1 Å². The molecule has 3 rings (SSSR count). The fourth-order valence-corrected chi connectivity index (χ4v) is 8.87. The van der Waals surface area contributed by atoms with E-state index in [-0.39, 0.29) is 15.0 Å². The molecular formula is C18H27NO3S3. The maximum absolute atomic E-state index is 13.3. The molecular weight excluding hydrogens is 374 g/mol. The highest BCUT2D eigenvalue weighted by atomic mass is 32.2. The van der Waals surface area contributed by atoms with Crippen LogP contribution >= 0.6 is 23.5 Å². The topological polar surface area (TPSA) is 57.6 Å². The van der Waals surface area contributed by atoms with Crippen LogP contribution in [0.3, 0.4) is 0 Å².